The van der Waals surface area contributed by atoms with Crippen LogP contribution in [0.3, 0.4) is 0 Å². The molecule has 4 heterocycles. The molecule has 0 aromatic carbocycles. The number of hydrogen-bond donors (Lipinski definition) is 0. The van der Waals surface area contributed by atoms with E-state index in [9.17, 15) is 4.79 Å². The molecule has 1 amide bonds. The number of aryl methyl sites for hydroxylation is 1. The first kappa shape index (κ1) is 16.3. The number of amides is 1. The van der Waals surface area contributed by atoms with Gasteiger partial charge in [-0.05, 0) is 19.4 Å². The Morgan fingerprint density at radius 2 is 1.92 bits per heavy atom. The van der Waals surface area contributed by atoms with Crippen molar-refractivity contribution in [1.82, 2.24) is 29.5 Å². The summed E-state index contributed by atoms with van der Waals surface area (Å²) in [5.41, 5.74) is 0.878. The van der Waals surface area contributed by atoms with Crippen molar-refractivity contribution in [1.29, 1.82) is 0 Å². The molecule has 0 bridgehead atoms. The van der Waals surface area contributed by atoms with E-state index in [1.807, 2.05) is 18.1 Å². The average Bonchev–Trinajstić information content (AvgIpc) is 3.22. The van der Waals surface area contributed by atoms with Gasteiger partial charge in [-0.15, -0.1) is 0 Å². The van der Waals surface area contributed by atoms with Gasteiger partial charge in [0.2, 0.25) is 5.91 Å². The molecule has 2 aliphatic rings. The van der Waals surface area contributed by atoms with E-state index in [0.29, 0.717) is 5.91 Å². The molecule has 2 saturated heterocycles. The number of fused-ring (bicyclic) bond motifs is 1. The Labute approximate surface area is 147 Å². The highest BCUT2D eigenvalue weighted by atomic mass is 16.2. The van der Waals surface area contributed by atoms with Crippen molar-refractivity contribution in [2.24, 2.45) is 7.05 Å². The third-order valence-corrected chi connectivity index (χ3v) is 5.25. The van der Waals surface area contributed by atoms with E-state index >= 15 is 0 Å². The lowest BCUT2D eigenvalue weighted by Crippen LogP contribution is -2.47. The fraction of sp³-hybridized carbons (Fsp3) is 0.647. The van der Waals surface area contributed by atoms with Crippen molar-refractivity contribution in [3.63, 3.8) is 0 Å². The molecule has 0 saturated carbocycles. The van der Waals surface area contributed by atoms with E-state index in [1.54, 1.807) is 11.0 Å². The molecule has 8 nitrogen and oxygen atoms in total. The lowest BCUT2D eigenvalue weighted by atomic mass is 10.2. The minimum absolute atomic E-state index is 0.328. The summed E-state index contributed by atoms with van der Waals surface area (Å²) < 4.78 is 1.79. The molecule has 2 aromatic heterocycles. The summed E-state index contributed by atoms with van der Waals surface area (Å²) >= 11 is 0. The van der Waals surface area contributed by atoms with Gasteiger partial charge in [-0.2, -0.15) is 5.10 Å². The summed E-state index contributed by atoms with van der Waals surface area (Å²) in [5, 5.41) is 5.31. The Hall–Kier alpha value is -2.22. The summed E-state index contributed by atoms with van der Waals surface area (Å²) in [5.74, 6) is 1.31. The molecular formula is C17H25N7O. The number of carbonyl (C=O) groups is 1. The Kier molecular flexibility index (Phi) is 4.52. The van der Waals surface area contributed by atoms with Crippen LogP contribution in [0.1, 0.15) is 19.3 Å². The molecule has 0 spiro atoms. The van der Waals surface area contributed by atoms with Crippen molar-refractivity contribution < 1.29 is 4.79 Å². The first-order valence-electron chi connectivity index (χ1n) is 9.10. The van der Waals surface area contributed by atoms with Crippen LogP contribution in [0.15, 0.2) is 12.5 Å². The maximum Gasteiger partial charge on any atom is 0.222 e. The zero-order valence-corrected chi connectivity index (χ0v) is 14.8. The zero-order valence-electron chi connectivity index (χ0n) is 14.8. The van der Waals surface area contributed by atoms with Gasteiger partial charge in [0.15, 0.2) is 5.65 Å². The highest BCUT2D eigenvalue weighted by molar-refractivity contribution is 5.86. The molecule has 0 unspecified atom stereocenters. The number of piperazine rings is 1. The summed E-state index contributed by atoms with van der Waals surface area (Å²) in [7, 11) is 1.90. The van der Waals surface area contributed by atoms with Gasteiger partial charge < -0.3 is 9.80 Å². The van der Waals surface area contributed by atoms with Crippen LogP contribution >= 0.6 is 0 Å². The topological polar surface area (TPSA) is 70.4 Å². The Morgan fingerprint density at radius 3 is 2.68 bits per heavy atom. The molecule has 0 radical (unpaired) electrons. The quantitative estimate of drug-likeness (QED) is 0.787. The SMILES string of the molecule is Cn1ncc2c(N3CCN(CCCN4CCCC4=O)CC3)ncnc21. The van der Waals surface area contributed by atoms with E-state index in [0.717, 1.165) is 81.9 Å². The van der Waals surface area contributed by atoms with Crippen LogP contribution in [-0.2, 0) is 11.8 Å². The molecular weight excluding hydrogens is 318 g/mol. The molecule has 2 fully saturated rings. The molecule has 8 heteroatoms. The minimum Gasteiger partial charge on any atom is -0.353 e. The second kappa shape index (κ2) is 6.95. The van der Waals surface area contributed by atoms with Crippen molar-refractivity contribution in [2.45, 2.75) is 19.3 Å². The number of nitrogens with zero attached hydrogens (tertiary/aromatic N) is 7. The smallest absolute Gasteiger partial charge is 0.222 e. The lowest BCUT2D eigenvalue weighted by Gasteiger charge is -2.35. The molecule has 2 aromatic rings. The van der Waals surface area contributed by atoms with E-state index in [4.69, 9.17) is 0 Å². The van der Waals surface area contributed by atoms with E-state index in [2.05, 4.69) is 24.9 Å². The molecule has 25 heavy (non-hydrogen) atoms. The van der Waals surface area contributed by atoms with Crippen LogP contribution in [0, 0.1) is 0 Å². The summed E-state index contributed by atoms with van der Waals surface area (Å²) in [6.45, 7) is 6.89. The minimum atomic E-state index is 0.328. The third kappa shape index (κ3) is 3.30. The van der Waals surface area contributed by atoms with Gasteiger partial charge in [0.25, 0.3) is 0 Å². The van der Waals surface area contributed by atoms with E-state index in [1.165, 1.54) is 0 Å². The Balaban J connectivity index is 1.30. The van der Waals surface area contributed by atoms with Gasteiger partial charge in [0, 0.05) is 52.7 Å². The zero-order chi connectivity index (χ0) is 17.2. The van der Waals surface area contributed by atoms with Gasteiger partial charge in [0.1, 0.15) is 12.1 Å². The second-order valence-electron chi connectivity index (χ2n) is 6.87. The molecule has 0 N–H and O–H groups in total. The molecule has 2 aliphatic heterocycles. The summed E-state index contributed by atoms with van der Waals surface area (Å²) in [4.78, 5) is 27.3. The predicted octanol–water partition coefficient (Wildman–Crippen LogP) is 0.498. The van der Waals surface area contributed by atoms with Crippen molar-refractivity contribution >= 4 is 22.8 Å². The van der Waals surface area contributed by atoms with Crippen LogP contribution in [0.25, 0.3) is 11.0 Å². The molecule has 134 valence electrons. The van der Waals surface area contributed by atoms with Crippen LogP contribution in [0.5, 0.6) is 0 Å². The monoisotopic (exact) mass is 343 g/mol. The van der Waals surface area contributed by atoms with Crippen LogP contribution in [-0.4, -0.2) is 81.3 Å². The summed E-state index contributed by atoms with van der Waals surface area (Å²) in [6.07, 6.45) is 6.30. The van der Waals surface area contributed by atoms with Crippen molar-refractivity contribution in [2.75, 3.05) is 50.7 Å². The number of rotatable bonds is 5. The number of aromatic nitrogens is 4. The van der Waals surface area contributed by atoms with E-state index in [-0.39, 0.29) is 0 Å². The van der Waals surface area contributed by atoms with Gasteiger partial charge in [0.05, 0.1) is 11.6 Å². The maximum absolute atomic E-state index is 11.7. The standard InChI is InChI=1S/C17H25N7O/c1-21-16-14(12-20-21)17(19-13-18-16)24-10-8-22(9-11-24)5-3-7-23-6-2-4-15(23)25/h12-13H,2-11H2,1H3. The average molecular weight is 343 g/mol. The van der Waals surface area contributed by atoms with Gasteiger partial charge in [-0.3, -0.25) is 14.4 Å². The predicted molar refractivity (Wildman–Crippen MR) is 95.4 cm³/mol. The van der Waals surface area contributed by atoms with Crippen LogP contribution < -0.4 is 4.90 Å². The first-order chi connectivity index (χ1) is 12.2. The first-order valence-corrected chi connectivity index (χ1v) is 9.10. The normalized spacial score (nSPS) is 19.3. The highest BCUT2D eigenvalue weighted by Gasteiger charge is 2.22. The van der Waals surface area contributed by atoms with Crippen LogP contribution in [0.2, 0.25) is 0 Å². The number of hydrogen-bond acceptors (Lipinski definition) is 6. The molecule has 4 rings (SSSR count). The summed E-state index contributed by atoms with van der Waals surface area (Å²) in [6, 6.07) is 0. The van der Waals surface area contributed by atoms with Crippen LogP contribution in [0.4, 0.5) is 5.82 Å². The fourth-order valence-corrected chi connectivity index (χ4v) is 3.81. The van der Waals surface area contributed by atoms with Gasteiger partial charge in [-0.25, -0.2) is 9.97 Å². The van der Waals surface area contributed by atoms with Gasteiger partial charge in [-0.1, -0.05) is 0 Å². The molecule has 0 aliphatic carbocycles. The Bertz CT molecular complexity index is 751. The van der Waals surface area contributed by atoms with Gasteiger partial charge >= 0.3 is 0 Å². The highest BCUT2D eigenvalue weighted by Crippen LogP contribution is 2.23. The second-order valence-corrected chi connectivity index (χ2v) is 6.87. The largest absolute Gasteiger partial charge is 0.353 e. The number of anilines is 1. The maximum atomic E-state index is 11.7. The van der Waals surface area contributed by atoms with Crippen molar-refractivity contribution in [3.8, 4) is 0 Å². The number of likely N-dealkylation sites (tertiary alicyclic amines) is 1. The fourth-order valence-electron chi connectivity index (χ4n) is 3.81. The third-order valence-electron chi connectivity index (χ3n) is 5.25. The lowest BCUT2D eigenvalue weighted by molar-refractivity contribution is -0.127. The Morgan fingerprint density at radius 1 is 1.08 bits per heavy atom. The number of carbonyl (C=O) groups excluding carboxylic acids is 1. The molecule has 0 atom stereocenters. The van der Waals surface area contributed by atoms with E-state index < -0.39 is 0 Å². The van der Waals surface area contributed by atoms with Crippen molar-refractivity contribution in [3.05, 3.63) is 12.5 Å².